The molecular formula is C21H30O. The summed E-state index contributed by atoms with van der Waals surface area (Å²) in [5.74, 6) is 4.78. The van der Waals surface area contributed by atoms with E-state index in [1.54, 1.807) is 5.56 Å². The smallest absolute Gasteiger partial charge is 0.115 e. The molecule has 1 aromatic rings. The first kappa shape index (κ1) is 14.6. The number of phenolic OH excluding ortho intramolecular Hbond substituents is 1. The van der Waals surface area contributed by atoms with Crippen LogP contribution in [0.1, 0.15) is 69.9 Å². The Morgan fingerprint density at radius 3 is 2.73 bits per heavy atom. The van der Waals surface area contributed by atoms with E-state index < -0.39 is 0 Å². The van der Waals surface area contributed by atoms with Gasteiger partial charge in [0.05, 0.1) is 0 Å². The van der Waals surface area contributed by atoms with Crippen LogP contribution in [0, 0.1) is 29.1 Å². The molecule has 3 aliphatic rings. The first-order chi connectivity index (χ1) is 10.5. The third kappa shape index (κ3) is 1.97. The summed E-state index contributed by atoms with van der Waals surface area (Å²) < 4.78 is 0. The number of phenols is 1. The fraction of sp³-hybridized carbons (Fsp3) is 0.714. The van der Waals surface area contributed by atoms with Crippen molar-refractivity contribution in [2.24, 2.45) is 29.1 Å². The van der Waals surface area contributed by atoms with Gasteiger partial charge in [0.1, 0.15) is 5.75 Å². The van der Waals surface area contributed by atoms with Gasteiger partial charge in [-0.25, -0.2) is 0 Å². The molecule has 1 N–H and O–H groups in total. The van der Waals surface area contributed by atoms with Crippen LogP contribution in [0.2, 0.25) is 0 Å². The zero-order chi connectivity index (χ0) is 15.5. The normalized spacial score (nSPS) is 40.2. The Morgan fingerprint density at radius 2 is 1.95 bits per heavy atom. The molecule has 0 heterocycles. The predicted octanol–water partition coefficient (Wildman–Crippen LogP) is 5.52. The van der Waals surface area contributed by atoms with E-state index in [2.05, 4.69) is 26.8 Å². The Kier molecular flexibility index (Phi) is 3.33. The summed E-state index contributed by atoms with van der Waals surface area (Å²) in [5, 5.41) is 9.77. The Hall–Kier alpha value is -0.980. The van der Waals surface area contributed by atoms with E-state index in [9.17, 15) is 5.11 Å². The number of hydrogen-bond acceptors (Lipinski definition) is 1. The van der Waals surface area contributed by atoms with Crippen molar-refractivity contribution in [1.82, 2.24) is 0 Å². The first-order valence-corrected chi connectivity index (χ1v) is 9.32. The van der Waals surface area contributed by atoms with Crippen LogP contribution in [0.25, 0.3) is 0 Å². The maximum Gasteiger partial charge on any atom is 0.115 e. The molecule has 0 radical (unpaired) electrons. The topological polar surface area (TPSA) is 20.2 Å². The monoisotopic (exact) mass is 298 g/mol. The average molecular weight is 298 g/mol. The van der Waals surface area contributed by atoms with Crippen molar-refractivity contribution in [3.63, 3.8) is 0 Å². The lowest BCUT2D eigenvalue weighted by Crippen LogP contribution is -2.43. The van der Waals surface area contributed by atoms with Gasteiger partial charge in [0.2, 0.25) is 0 Å². The Bertz CT molecular complexity index is 575. The van der Waals surface area contributed by atoms with Gasteiger partial charge in [-0.1, -0.05) is 26.8 Å². The number of aryl methyl sites for hydroxylation is 1. The minimum Gasteiger partial charge on any atom is -0.508 e. The predicted molar refractivity (Wildman–Crippen MR) is 91.1 cm³/mol. The lowest BCUT2D eigenvalue weighted by molar-refractivity contribution is 0.0141. The van der Waals surface area contributed by atoms with E-state index in [-0.39, 0.29) is 0 Å². The molecule has 1 nitrogen and oxygen atoms in total. The molecule has 0 aliphatic heterocycles. The summed E-state index contributed by atoms with van der Waals surface area (Å²) in [6, 6.07) is 6.14. The van der Waals surface area contributed by atoms with E-state index in [1.165, 1.54) is 44.1 Å². The second-order valence-corrected chi connectivity index (χ2v) is 8.77. The van der Waals surface area contributed by atoms with Crippen LogP contribution in [-0.4, -0.2) is 5.11 Å². The Labute approximate surface area is 135 Å². The van der Waals surface area contributed by atoms with Crippen molar-refractivity contribution in [2.45, 2.75) is 65.2 Å². The third-order valence-corrected chi connectivity index (χ3v) is 7.59. The van der Waals surface area contributed by atoms with Crippen molar-refractivity contribution < 1.29 is 5.11 Å². The highest BCUT2D eigenvalue weighted by molar-refractivity contribution is 5.40. The Morgan fingerprint density at radius 1 is 1.14 bits per heavy atom. The van der Waals surface area contributed by atoms with Crippen LogP contribution >= 0.6 is 0 Å². The van der Waals surface area contributed by atoms with Gasteiger partial charge in [0.15, 0.2) is 0 Å². The number of fused-ring (bicyclic) bond motifs is 5. The van der Waals surface area contributed by atoms with Gasteiger partial charge in [0, 0.05) is 0 Å². The van der Waals surface area contributed by atoms with E-state index in [0.717, 1.165) is 29.6 Å². The number of benzene rings is 1. The molecule has 5 atom stereocenters. The summed E-state index contributed by atoms with van der Waals surface area (Å²) in [6.45, 7) is 7.48. The highest BCUT2D eigenvalue weighted by atomic mass is 16.3. The fourth-order valence-corrected chi connectivity index (χ4v) is 6.70. The SMILES string of the molecule is CC(C)[C@H]1CC[C@H]2[C@@H]3CCc4cc(O)ccc4[C@H]3CC[C@]12C. The highest BCUT2D eigenvalue weighted by Gasteiger charge is 2.55. The van der Waals surface area contributed by atoms with Crippen molar-refractivity contribution >= 4 is 0 Å². The maximum atomic E-state index is 9.77. The molecular weight excluding hydrogens is 268 g/mol. The molecule has 3 aliphatic carbocycles. The number of aromatic hydroxyl groups is 1. The van der Waals surface area contributed by atoms with Crippen molar-refractivity contribution in [2.75, 3.05) is 0 Å². The molecule has 0 bridgehead atoms. The molecule has 2 saturated carbocycles. The molecule has 0 unspecified atom stereocenters. The van der Waals surface area contributed by atoms with Crippen LogP contribution in [0.4, 0.5) is 0 Å². The number of hydrogen-bond donors (Lipinski definition) is 1. The van der Waals surface area contributed by atoms with Gasteiger partial charge in [-0.2, -0.15) is 0 Å². The summed E-state index contributed by atoms with van der Waals surface area (Å²) >= 11 is 0. The van der Waals surface area contributed by atoms with Crippen molar-refractivity contribution in [1.29, 1.82) is 0 Å². The first-order valence-electron chi connectivity index (χ1n) is 9.32. The molecule has 4 rings (SSSR count). The molecule has 120 valence electrons. The number of rotatable bonds is 1. The summed E-state index contributed by atoms with van der Waals surface area (Å²) in [7, 11) is 0. The maximum absolute atomic E-state index is 9.77. The van der Waals surface area contributed by atoms with E-state index >= 15 is 0 Å². The lowest BCUT2D eigenvalue weighted by Gasteiger charge is -2.51. The van der Waals surface area contributed by atoms with E-state index in [0.29, 0.717) is 11.2 Å². The quantitative estimate of drug-likeness (QED) is 0.723. The second kappa shape index (κ2) is 5.01. The highest BCUT2D eigenvalue weighted by Crippen LogP contribution is 2.64. The fourth-order valence-electron chi connectivity index (χ4n) is 6.70. The van der Waals surface area contributed by atoms with Crippen LogP contribution in [0.15, 0.2) is 18.2 Å². The molecule has 22 heavy (non-hydrogen) atoms. The van der Waals surface area contributed by atoms with Gasteiger partial charge in [-0.15, -0.1) is 0 Å². The van der Waals surface area contributed by atoms with Gasteiger partial charge in [0.25, 0.3) is 0 Å². The Balaban J connectivity index is 1.67. The molecule has 0 saturated heterocycles. The minimum atomic E-state index is 0.443. The average Bonchev–Trinajstić information content (AvgIpc) is 2.84. The van der Waals surface area contributed by atoms with Crippen molar-refractivity contribution in [3.05, 3.63) is 29.3 Å². The van der Waals surface area contributed by atoms with Gasteiger partial charge >= 0.3 is 0 Å². The molecule has 2 fully saturated rings. The van der Waals surface area contributed by atoms with Crippen LogP contribution in [0.3, 0.4) is 0 Å². The minimum absolute atomic E-state index is 0.443. The molecule has 1 heteroatoms. The van der Waals surface area contributed by atoms with Gasteiger partial charge in [-0.3, -0.25) is 0 Å². The van der Waals surface area contributed by atoms with Crippen LogP contribution in [-0.2, 0) is 6.42 Å². The molecule has 0 amide bonds. The van der Waals surface area contributed by atoms with Crippen LogP contribution in [0.5, 0.6) is 5.75 Å². The lowest BCUT2D eigenvalue weighted by atomic mass is 9.53. The largest absolute Gasteiger partial charge is 0.508 e. The van der Waals surface area contributed by atoms with E-state index in [1.807, 2.05) is 12.1 Å². The van der Waals surface area contributed by atoms with Crippen LogP contribution < -0.4 is 0 Å². The molecule has 1 aromatic carbocycles. The molecule has 0 aromatic heterocycles. The van der Waals surface area contributed by atoms with E-state index in [4.69, 9.17) is 0 Å². The zero-order valence-corrected chi connectivity index (χ0v) is 14.3. The summed E-state index contributed by atoms with van der Waals surface area (Å²) in [6.07, 6.45) is 8.18. The summed E-state index contributed by atoms with van der Waals surface area (Å²) in [4.78, 5) is 0. The molecule has 0 spiro atoms. The van der Waals surface area contributed by atoms with Crippen molar-refractivity contribution in [3.8, 4) is 5.75 Å². The summed E-state index contributed by atoms with van der Waals surface area (Å²) in [5.41, 5.74) is 3.57. The zero-order valence-electron chi connectivity index (χ0n) is 14.3. The standard InChI is InChI=1S/C21H30O/c1-13(2)19-8-9-20-18-6-4-14-12-15(22)5-7-16(14)17(18)10-11-21(19,20)3/h5,7,12-13,17-20,22H,4,6,8-11H2,1-3H3/t17-,18-,19-,20+,21-/m1/s1. The second-order valence-electron chi connectivity index (χ2n) is 8.77. The third-order valence-electron chi connectivity index (χ3n) is 7.59. The van der Waals surface area contributed by atoms with Gasteiger partial charge < -0.3 is 5.11 Å². The van der Waals surface area contributed by atoms with Gasteiger partial charge in [-0.05, 0) is 96.8 Å².